The Bertz CT molecular complexity index is 466. The molecule has 0 aromatic heterocycles. The van der Waals surface area contributed by atoms with Crippen molar-refractivity contribution in [2.24, 2.45) is 0 Å². The van der Waals surface area contributed by atoms with E-state index in [2.05, 4.69) is 0 Å². The predicted molar refractivity (Wildman–Crippen MR) is 58.9 cm³/mol. The van der Waals surface area contributed by atoms with Gasteiger partial charge < -0.3 is 4.79 Å². The van der Waals surface area contributed by atoms with Gasteiger partial charge in [0.25, 0.3) is 0 Å². The summed E-state index contributed by atoms with van der Waals surface area (Å²) in [7, 11) is -3.29. The molecule has 0 aliphatic heterocycles. The van der Waals surface area contributed by atoms with Gasteiger partial charge in [0.2, 0.25) is 0 Å². The van der Waals surface area contributed by atoms with Gasteiger partial charge >= 0.3 is 0 Å². The highest BCUT2D eigenvalue weighted by Gasteiger charge is 2.14. The second-order valence-corrected chi connectivity index (χ2v) is 5.59. The van der Waals surface area contributed by atoms with Crippen LogP contribution in [-0.2, 0) is 21.1 Å². The fourth-order valence-electron chi connectivity index (χ4n) is 1.33. The Morgan fingerprint density at radius 1 is 1.40 bits per heavy atom. The molecule has 0 aliphatic rings. The lowest BCUT2D eigenvalue weighted by Crippen LogP contribution is -2.03. The van der Waals surface area contributed by atoms with Crippen LogP contribution in [0.15, 0.2) is 23.1 Å². The Morgan fingerprint density at radius 3 is 2.60 bits per heavy atom. The zero-order chi connectivity index (χ0) is 11.5. The Balaban J connectivity index is 3.26. The third-order valence-corrected chi connectivity index (χ3v) is 3.52. The van der Waals surface area contributed by atoms with Crippen molar-refractivity contribution < 1.29 is 13.2 Å². The summed E-state index contributed by atoms with van der Waals surface area (Å²) in [6.45, 7) is 0. The van der Waals surface area contributed by atoms with E-state index in [0.717, 1.165) is 12.5 Å². The highest BCUT2D eigenvalue weighted by Crippen LogP contribution is 2.24. The molecule has 1 rings (SSSR count). The van der Waals surface area contributed by atoms with Crippen LogP contribution in [0.3, 0.4) is 0 Å². The van der Waals surface area contributed by atoms with Crippen molar-refractivity contribution in [3.8, 4) is 0 Å². The maximum Gasteiger partial charge on any atom is 0.175 e. The van der Waals surface area contributed by atoms with Crippen LogP contribution in [0, 0.1) is 0 Å². The van der Waals surface area contributed by atoms with Crippen LogP contribution in [0.1, 0.15) is 12.0 Å². The molecular formula is C10H11ClO3S. The molecule has 5 heteroatoms. The number of hydrogen-bond donors (Lipinski definition) is 0. The zero-order valence-electron chi connectivity index (χ0n) is 8.23. The molecule has 0 bridgehead atoms. The van der Waals surface area contributed by atoms with Gasteiger partial charge in [0.1, 0.15) is 6.29 Å². The van der Waals surface area contributed by atoms with Gasteiger partial charge in [0.15, 0.2) is 9.84 Å². The monoisotopic (exact) mass is 246 g/mol. The summed E-state index contributed by atoms with van der Waals surface area (Å²) >= 11 is 5.89. The summed E-state index contributed by atoms with van der Waals surface area (Å²) in [5, 5.41) is 0.389. The molecule has 0 fully saturated rings. The fraction of sp³-hybridized carbons (Fsp3) is 0.300. The minimum absolute atomic E-state index is 0.205. The van der Waals surface area contributed by atoms with Crippen LogP contribution in [0.5, 0.6) is 0 Å². The molecule has 0 aliphatic carbocycles. The van der Waals surface area contributed by atoms with E-state index >= 15 is 0 Å². The van der Waals surface area contributed by atoms with Gasteiger partial charge in [-0.1, -0.05) is 17.7 Å². The van der Waals surface area contributed by atoms with Crippen molar-refractivity contribution in [3.63, 3.8) is 0 Å². The van der Waals surface area contributed by atoms with Crippen molar-refractivity contribution in [2.75, 3.05) is 6.26 Å². The minimum atomic E-state index is -3.29. The summed E-state index contributed by atoms with van der Waals surface area (Å²) in [6.07, 6.45) is 2.50. The molecular weight excluding hydrogens is 236 g/mol. The third kappa shape index (κ3) is 3.04. The smallest absolute Gasteiger partial charge is 0.175 e. The van der Waals surface area contributed by atoms with Crippen molar-refractivity contribution >= 4 is 27.7 Å². The number of halogens is 1. The Morgan fingerprint density at radius 2 is 2.07 bits per heavy atom. The van der Waals surface area contributed by atoms with Crippen LogP contribution < -0.4 is 0 Å². The number of hydrogen-bond acceptors (Lipinski definition) is 3. The first-order chi connectivity index (χ1) is 6.96. The van der Waals surface area contributed by atoms with Gasteiger partial charge in [-0.05, 0) is 24.1 Å². The van der Waals surface area contributed by atoms with E-state index in [0.29, 0.717) is 17.0 Å². The number of benzene rings is 1. The van der Waals surface area contributed by atoms with E-state index in [1.54, 1.807) is 12.1 Å². The largest absolute Gasteiger partial charge is 0.303 e. The standard InChI is InChI=1S/C10H11ClO3S/c1-15(13,14)10-6-2-5-9(11)8(10)4-3-7-12/h2,5-7H,3-4H2,1H3. The van der Waals surface area contributed by atoms with Crippen LogP contribution in [-0.4, -0.2) is 21.0 Å². The molecule has 0 atom stereocenters. The molecule has 0 radical (unpaired) electrons. The fourth-order valence-corrected chi connectivity index (χ4v) is 2.64. The van der Waals surface area contributed by atoms with E-state index in [-0.39, 0.29) is 11.3 Å². The van der Waals surface area contributed by atoms with Gasteiger partial charge in [-0.15, -0.1) is 0 Å². The van der Waals surface area contributed by atoms with Gasteiger partial charge in [-0.25, -0.2) is 8.42 Å². The first kappa shape index (κ1) is 12.2. The van der Waals surface area contributed by atoms with E-state index in [4.69, 9.17) is 11.6 Å². The highest BCUT2D eigenvalue weighted by atomic mass is 35.5. The molecule has 0 heterocycles. The molecule has 3 nitrogen and oxygen atoms in total. The SMILES string of the molecule is CS(=O)(=O)c1cccc(Cl)c1CCC=O. The number of carbonyl (C=O) groups is 1. The minimum Gasteiger partial charge on any atom is -0.303 e. The number of sulfone groups is 1. The second-order valence-electron chi connectivity index (χ2n) is 3.19. The predicted octanol–water partition coefficient (Wildman–Crippen LogP) is 1.88. The quantitative estimate of drug-likeness (QED) is 0.763. The lowest BCUT2D eigenvalue weighted by Gasteiger charge is -2.08. The molecule has 0 spiro atoms. The Labute approximate surface area is 94.0 Å². The van der Waals surface area contributed by atoms with E-state index in [1.807, 2.05) is 0 Å². The summed E-state index contributed by atoms with van der Waals surface area (Å²) in [4.78, 5) is 10.5. The number of aldehydes is 1. The maximum atomic E-state index is 11.4. The van der Waals surface area contributed by atoms with Crippen LogP contribution >= 0.6 is 11.6 Å². The Hall–Kier alpha value is -0.870. The van der Waals surface area contributed by atoms with Crippen molar-refractivity contribution in [1.82, 2.24) is 0 Å². The van der Waals surface area contributed by atoms with Gasteiger partial charge in [0.05, 0.1) is 4.90 Å². The van der Waals surface area contributed by atoms with E-state index < -0.39 is 9.84 Å². The van der Waals surface area contributed by atoms with Gasteiger partial charge in [-0.2, -0.15) is 0 Å². The summed E-state index contributed by atoms with van der Waals surface area (Å²) in [5.41, 5.74) is 0.522. The van der Waals surface area contributed by atoms with Crippen molar-refractivity contribution in [1.29, 1.82) is 0 Å². The molecule has 1 aromatic carbocycles. The molecule has 0 saturated carbocycles. The van der Waals surface area contributed by atoms with Crippen molar-refractivity contribution in [3.05, 3.63) is 28.8 Å². The van der Waals surface area contributed by atoms with Crippen molar-refractivity contribution in [2.45, 2.75) is 17.7 Å². The van der Waals surface area contributed by atoms with Gasteiger partial charge in [-0.3, -0.25) is 0 Å². The molecule has 82 valence electrons. The lowest BCUT2D eigenvalue weighted by atomic mass is 10.1. The molecule has 15 heavy (non-hydrogen) atoms. The average molecular weight is 247 g/mol. The lowest BCUT2D eigenvalue weighted by molar-refractivity contribution is -0.107. The summed E-state index contributed by atoms with van der Waals surface area (Å²) < 4.78 is 22.8. The average Bonchev–Trinajstić information content (AvgIpc) is 2.14. The third-order valence-electron chi connectivity index (χ3n) is 1.99. The zero-order valence-corrected chi connectivity index (χ0v) is 9.81. The second kappa shape index (κ2) is 4.77. The summed E-state index contributed by atoms with van der Waals surface area (Å²) in [6, 6.07) is 4.71. The van der Waals surface area contributed by atoms with Gasteiger partial charge in [0, 0.05) is 17.7 Å². The maximum absolute atomic E-state index is 11.4. The summed E-state index contributed by atoms with van der Waals surface area (Å²) in [5.74, 6) is 0. The molecule has 1 aromatic rings. The van der Waals surface area contributed by atoms with Crippen LogP contribution in [0.25, 0.3) is 0 Å². The Kier molecular flexibility index (Phi) is 3.88. The van der Waals surface area contributed by atoms with Crippen LogP contribution in [0.4, 0.5) is 0 Å². The molecule has 0 unspecified atom stereocenters. The topological polar surface area (TPSA) is 51.2 Å². The number of rotatable bonds is 4. The highest BCUT2D eigenvalue weighted by molar-refractivity contribution is 7.90. The number of carbonyl (C=O) groups excluding carboxylic acids is 1. The van der Waals surface area contributed by atoms with Crippen LogP contribution in [0.2, 0.25) is 5.02 Å². The normalized spacial score (nSPS) is 11.3. The molecule has 0 amide bonds. The van der Waals surface area contributed by atoms with E-state index in [1.165, 1.54) is 6.07 Å². The molecule has 0 N–H and O–H groups in total. The first-order valence-electron chi connectivity index (χ1n) is 4.38. The van der Waals surface area contributed by atoms with E-state index in [9.17, 15) is 13.2 Å². The molecule has 0 saturated heterocycles. The first-order valence-corrected chi connectivity index (χ1v) is 6.65.